The summed E-state index contributed by atoms with van der Waals surface area (Å²) < 4.78 is 29.4. The maximum atomic E-state index is 12.0. The molecule has 6 nitrogen and oxygen atoms in total. The van der Waals surface area contributed by atoms with Crippen LogP contribution in [0, 0.1) is 11.3 Å². The van der Waals surface area contributed by atoms with Gasteiger partial charge in [-0.1, -0.05) is 30.3 Å². The van der Waals surface area contributed by atoms with Crippen molar-refractivity contribution in [2.45, 2.75) is 12.2 Å². The highest BCUT2D eigenvalue weighted by Gasteiger charge is 2.12. The van der Waals surface area contributed by atoms with Crippen molar-refractivity contribution in [3.63, 3.8) is 0 Å². The van der Waals surface area contributed by atoms with E-state index < -0.39 is 9.84 Å². The van der Waals surface area contributed by atoms with Crippen molar-refractivity contribution < 1.29 is 17.9 Å². The summed E-state index contributed by atoms with van der Waals surface area (Å²) >= 11 is 0. The van der Waals surface area contributed by atoms with Crippen LogP contribution in [-0.4, -0.2) is 33.2 Å². The molecule has 2 rings (SSSR count). The standard InChI is InChI=1S/C19H20N2O4S/c20-13-16-7-9-18(10-8-16)25-14-19(22)21-11-4-12-26(23,24)15-17-5-2-1-3-6-17/h1-3,5-10H,4,11-12,14-15H2,(H,21,22). The number of amides is 1. The van der Waals surface area contributed by atoms with Crippen LogP contribution in [0.1, 0.15) is 17.5 Å². The first kappa shape index (κ1) is 19.5. The van der Waals surface area contributed by atoms with E-state index in [1.807, 2.05) is 12.1 Å². The lowest BCUT2D eigenvalue weighted by atomic mass is 10.2. The Morgan fingerprint density at radius 1 is 1.08 bits per heavy atom. The Kier molecular flexibility index (Phi) is 7.18. The zero-order chi connectivity index (χ0) is 18.8. The number of ether oxygens (including phenoxy) is 1. The second-order valence-electron chi connectivity index (χ2n) is 5.71. The van der Waals surface area contributed by atoms with E-state index in [1.54, 1.807) is 48.5 Å². The third kappa shape index (κ3) is 6.95. The summed E-state index contributed by atoms with van der Waals surface area (Å²) in [6, 6.07) is 17.4. The SMILES string of the molecule is N#Cc1ccc(OCC(=O)NCCCS(=O)(=O)Cc2ccccc2)cc1. The van der Waals surface area contributed by atoms with Gasteiger partial charge < -0.3 is 10.1 Å². The lowest BCUT2D eigenvalue weighted by Crippen LogP contribution is -2.30. The number of carbonyl (C=O) groups excluding carboxylic acids is 1. The summed E-state index contributed by atoms with van der Waals surface area (Å²) in [6.45, 7) is 0.103. The molecule has 1 N–H and O–H groups in total. The number of benzene rings is 2. The topological polar surface area (TPSA) is 96.3 Å². The molecule has 0 atom stereocenters. The second kappa shape index (κ2) is 9.59. The van der Waals surface area contributed by atoms with Crippen LogP contribution in [0.4, 0.5) is 0 Å². The first-order chi connectivity index (χ1) is 12.5. The normalized spacial score (nSPS) is 10.7. The molecule has 0 aromatic heterocycles. The summed E-state index contributed by atoms with van der Waals surface area (Å²) in [5.74, 6) is 0.182. The highest BCUT2D eigenvalue weighted by atomic mass is 32.2. The molecule has 0 aliphatic carbocycles. The molecule has 0 bridgehead atoms. The molecular formula is C19H20N2O4S. The first-order valence-electron chi connectivity index (χ1n) is 8.12. The van der Waals surface area contributed by atoms with E-state index in [2.05, 4.69) is 5.32 Å². The van der Waals surface area contributed by atoms with Gasteiger partial charge in [0, 0.05) is 6.54 Å². The number of nitrogens with zero attached hydrogens (tertiary/aromatic N) is 1. The molecule has 2 aromatic carbocycles. The van der Waals surface area contributed by atoms with Gasteiger partial charge in [0.2, 0.25) is 0 Å². The monoisotopic (exact) mass is 372 g/mol. The number of hydrogen-bond donors (Lipinski definition) is 1. The van der Waals surface area contributed by atoms with Crippen molar-refractivity contribution in [1.29, 1.82) is 5.26 Å². The molecule has 26 heavy (non-hydrogen) atoms. The number of rotatable bonds is 9. The van der Waals surface area contributed by atoms with Gasteiger partial charge in [-0.05, 0) is 36.2 Å². The van der Waals surface area contributed by atoms with Crippen molar-refractivity contribution in [3.8, 4) is 11.8 Å². The summed E-state index contributed by atoms with van der Waals surface area (Å²) in [6.07, 6.45) is 0.345. The van der Waals surface area contributed by atoms with Gasteiger partial charge in [-0.3, -0.25) is 4.79 Å². The molecule has 0 aliphatic rings. The van der Waals surface area contributed by atoms with Gasteiger partial charge in [-0.15, -0.1) is 0 Å². The Hall–Kier alpha value is -2.85. The number of nitrogens with one attached hydrogen (secondary N) is 1. The van der Waals surface area contributed by atoms with Crippen LogP contribution in [0.2, 0.25) is 0 Å². The van der Waals surface area contributed by atoms with E-state index in [0.29, 0.717) is 17.7 Å². The molecule has 0 aliphatic heterocycles. The minimum absolute atomic E-state index is 0.00356. The summed E-state index contributed by atoms with van der Waals surface area (Å²) in [7, 11) is -3.20. The fourth-order valence-corrected chi connectivity index (χ4v) is 3.67. The highest BCUT2D eigenvalue weighted by Crippen LogP contribution is 2.11. The van der Waals surface area contributed by atoms with Crippen LogP contribution in [0.25, 0.3) is 0 Å². The molecule has 0 radical (unpaired) electrons. The quantitative estimate of drug-likeness (QED) is 0.680. The van der Waals surface area contributed by atoms with E-state index >= 15 is 0 Å². The molecule has 0 fully saturated rings. The lowest BCUT2D eigenvalue weighted by molar-refractivity contribution is -0.123. The van der Waals surface area contributed by atoms with Crippen LogP contribution in [0.15, 0.2) is 54.6 Å². The minimum atomic E-state index is -3.20. The van der Waals surface area contributed by atoms with Gasteiger partial charge in [0.1, 0.15) is 5.75 Å². The van der Waals surface area contributed by atoms with Crippen LogP contribution >= 0.6 is 0 Å². The second-order valence-corrected chi connectivity index (χ2v) is 7.89. The molecule has 136 valence electrons. The van der Waals surface area contributed by atoms with E-state index in [9.17, 15) is 13.2 Å². The van der Waals surface area contributed by atoms with Gasteiger partial charge in [0.25, 0.3) is 5.91 Å². The molecule has 0 spiro atoms. The summed E-state index contributed by atoms with van der Waals surface area (Å²) in [4.78, 5) is 11.7. The van der Waals surface area contributed by atoms with Crippen molar-refractivity contribution in [2.24, 2.45) is 0 Å². The third-order valence-electron chi connectivity index (χ3n) is 3.54. The van der Waals surface area contributed by atoms with Crippen LogP contribution in [0.5, 0.6) is 5.75 Å². The molecule has 0 saturated carbocycles. The van der Waals surface area contributed by atoms with Crippen LogP contribution in [0.3, 0.4) is 0 Å². The van der Waals surface area contributed by atoms with Crippen LogP contribution < -0.4 is 10.1 Å². The average molecular weight is 372 g/mol. The van der Waals surface area contributed by atoms with E-state index in [0.717, 1.165) is 5.56 Å². The third-order valence-corrected chi connectivity index (χ3v) is 5.22. The van der Waals surface area contributed by atoms with Crippen LogP contribution in [-0.2, 0) is 20.4 Å². The number of nitriles is 1. The van der Waals surface area contributed by atoms with E-state index in [-0.39, 0.29) is 30.6 Å². The van der Waals surface area contributed by atoms with Crippen molar-refractivity contribution in [2.75, 3.05) is 18.9 Å². The lowest BCUT2D eigenvalue weighted by Gasteiger charge is -2.08. The Bertz CT molecular complexity index is 857. The largest absolute Gasteiger partial charge is 0.484 e. The smallest absolute Gasteiger partial charge is 0.257 e. The van der Waals surface area contributed by atoms with Crippen molar-refractivity contribution in [1.82, 2.24) is 5.32 Å². The number of hydrogen-bond acceptors (Lipinski definition) is 5. The number of carbonyl (C=O) groups is 1. The van der Waals surface area contributed by atoms with Gasteiger partial charge in [-0.25, -0.2) is 8.42 Å². The highest BCUT2D eigenvalue weighted by molar-refractivity contribution is 7.90. The fraction of sp³-hybridized carbons (Fsp3) is 0.263. The van der Waals surface area contributed by atoms with Gasteiger partial charge in [0.05, 0.1) is 23.1 Å². The molecule has 7 heteroatoms. The Labute approximate surface area is 153 Å². The molecule has 0 heterocycles. The molecule has 0 saturated heterocycles. The maximum absolute atomic E-state index is 12.0. The Morgan fingerprint density at radius 2 is 1.77 bits per heavy atom. The predicted molar refractivity (Wildman–Crippen MR) is 98.2 cm³/mol. The van der Waals surface area contributed by atoms with E-state index in [4.69, 9.17) is 10.00 Å². The molecule has 1 amide bonds. The first-order valence-corrected chi connectivity index (χ1v) is 9.95. The van der Waals surface area contributed by atoms with Gasteiger partial charge >= 0.3 is 0 Å². The molecule has 2 aromatic rings. The molecular weight excluding hydrogens is 352 g/mol. The maximum Gasteiger partial charge on any atom is 0.257 e. The zero-order valence-corrected chi connectivity index (χ0v) is 15.0. The van der Waals surface area contributed by atoms with Crippen molar-refractivity contribution in [3.05, 3.63) is 65.7 Å². The summed E-state index contributed by atoms with van der Waals surface area (Å²) in [5, 5.41) is 11.3. The van der Waals surface area contributed by atoms with Gasteiger partial charge in [0.15, 0.2) is 16.4 Å². The average Bonchev–Trinajstić information content (AvgIpc) is 2.64. The van der Waals surface area contributed by atoms with E-state index in [1.165, 1.54) is 0 Å². The zero-order valence-electron chi connectivity index (χ0n) is 14.2. The van der Waals surface area contributed by atoms with Gasteiger partial charge in [-0.2, -0.15) is 5.26 Å². The molecule has 0 unspecified atom stereocenters. The predicted octanol–water partition coefficient (Wildman–Crippen LogP) is 2.06. The Morgan fingerprint density at radius 3 is 2.42 bits per heavy atom. The number of sulfone groups is 1. The fourth-order valence-electron chi connectivity index (χ4n) is 2.25. The van der Waals surface area contributed by atoms with Crippen molar-refractivity contribution >= 4 is 15.7 Å². The summed E-state index contributed by atoms with van der Waals surface area (Å²) in [5.41, 5.74) is 1.27. The Balaban J connectivity index is 1.65. The minimum Gasteiger partial charge on any atom is -0.484 e.